The molecule has 2 atom stereocenters. The van der Waals surface area contributed by atoms with Gasteiger partial charge in [-0.25, -0.2) is 8.91 Å². The third-order valence-corrected chi connectivity index (χ3v) is 6.04. The Morgan fingerprint density at radius 3 is 2.97 bits per heavy atom. The van der Waals surface area contributed by atoms with Crippen molar-refractivity contribution in [3.63, 3.8) is 0 Å². The molecular formula is C23H26FN5O5. The van der Waals surface area contributed by atoms with E-state index in [0.29, 0.717) is 60.9 Å². The summed E-state index contributed by atoms with van der Waals surface area (Å²) in [5.41, 5.74) is 2.40. The fourth-order valence-corrected chi connectivity index (χ4v) is 4.37. The Kier molecular flexibility index (Phi) is 6.20. The van der Waals surface area contributed by atoms with Crippen molar-refractivity contribution in [1.29, 1.82) is 0 Å². The van der Waals surface area contributed by atoms with Crippen LogP contribution >= 0.6 is 0 Å². The number of ether oxygens (including phenoxy) is 4. The van der Waals surface area contributed by atoms with E-state index >= 15 is 0 Å². The molecule has 11 heteroatoms. The van der Waals surface area contributed by atoms with E-state index in [-0.39, 0.29) is 24.4 Å². The standard InChI is InChI=1S/C23H26FN5O5/c1-31-5-6-33-19-10-17-13-34-22-20(32-2)12-29-21(27-22)18(11-26-29)14-7-15(24)9-16(8-14)25-3-4-28(17)23(19)30/h7-9,11-12,17,19,25H,3-6,10,13H2,1-2H3/t17-,19?/m0/s1. The monoisotopic (exact) mass is 471 g/mol. The van der Waals surface area contributed by atoms with Crippen molar-refractivity contribution < 1.29 is 28.1 Å². The number of fused-ring (bicyclic) bond motifs is 5. The van der Waals surface area contributed by atoms with E-state index in [4.69, 9.17) is 18.9 Å². The second-order valence-electron chi connectivity index (χ2n) is 8.18. The summed E-state index contributed by atoms with van der Waals surface area (Å²) in [6.07, 6.45) is 3.21. The van der Waals surface area contributed by atoms with Crippen LogP contribution in [0.2, 0.25) is 0 Å². The fourth-order valence-electron chi connectivity index (χ4n) is 4.37. The fraction of sp³-hybridized carbons (Fsp3) is 0.435. The van der Waals surface area contributed by atoms with Gasteiger partial charge >= 0.3 is 0 Å². The summed E-state index contributed by atoms with van der Waals surface area (Å²) in [5.74, 6) is 0.185. The highest BCUT2D eigenvalue weighted by atomic mass is 19.1. The number of halogens is 1. The molecule has 10 nitrogen and oxygen atoms in total. The van der Waals surface area contributed by atoms with Crippen LogP contribution in [0.15, 0.2) is 30.6 Å². The van der Waals surface area contributed by atoms with Crippen molar-refractivity contribution in [2.45, 2.75) is 18.6 Å². The zero-order chi connectivity index (χ0) is 23.7. The summed E-state index contributed by atoms with van der Waals surface area (Å²) in [4.78, 5) is 19.4. The number of anilines is 1. The summed E-state index contributed by atoms with van der Waals surface area (Å²) in [7, 11) is 3.11. The first-order valence-electron chi connectivity index (χ1n) is 11.1. The number of nitrogens with zero attached hydrogens (tertiary/aromatic N) is 4. The lowest BCUT2D eigenvalue weighted by molar-refractivity contribution is -0.138. The molecule has 0 radical (unpaired) electrons. The van der Waals surface area contributed by atoms with Crippen LogP contribution in [0.5, 0.6) is 11.6 Å². The van der Waals surface area contributed by atoms with Crippen LogP contribution in [-0.2, 0) is 14.3 Å². The molecule has 4 bridgehead atoms. The molecule has 1 N–H and O–H groups in total. The molecule has 2 aliphatic heterocycles. The molecule has 3 aromatic rings. The first-order valence-corrected chi connectivity index (χ1v) is 11.1. The lowest BCUT2D eigenvalue weighted by Gasteiger charge is -2.25. The van der Waals surface area contributed by atoms with Gasteiger partial charge < -0.3 is 29.2 Å². The van der Waals surface area contributed by atoms with E-state index in [9.17, 15) is 9.18 Å². The highest BCUT2D eigenvalue weighted by Gasteiger charge is 2.40. The van der Waals surface area contributed by atoms with Crippen molar-refractivity contribution in [1.82, 2.24) is 19.5 Å². The minimum Gasteiger partial charge on any atom is -0.490 e. The number of benzene rings is 1. The van der Waals surface area contributed by atoms with Gasteiger partial charge in [-0.1, -0.05) is 0 Å². The van der Waals surface area contributed by atoms with Gasteiger partial charge in [0.2, 0.25) is 0 Å². The van der Waals surface area contributed by atoms with Crippen molar-refractivity contribution >= 4 is 17.2 Å². The lowest BCUT2D eigenvalue weighted by Crippen LogP contribution is -2.41. The predicted octanol–water partition coefficient (Wildman–Crippen LogP) is 1.98. The third-order valence-electron chi connectivity index (χ3n) is 6.04. The molecule has 2 aromatic heterocycles. The molecular weight excluding hydrogens is 445 g/mol. The van der Waals surface area contributed by atoms with E-state index in [1.807, 2.05) is 6.07 Å². The highest BCUT2D eigenvalue weighted by Crippen LogP contribution is 2.33. The minimum absolute atomic E-state index is 0.105. The molecule has 0 saturated carbocycles. The van der Waals surface area contributed by atoms with Gasteiger partial charge in [0.15, 0.2) is 11.4 Å². The molecule has 1 unspecified atom stereocenters. The molecule has 1 saturated heterocycles. The van der Waals surface area contributed by atoms with Gasteiger partial charge in [-0.2, -0.15) is 10.1 Å². The van der Waals surface area contributed by atoms with Crippen LogP contribution in [0.4, 0.5) is 10.1 Å². The molecule has 180 valence electrons. The number of hydrogen-bond donors (Lipinski definition) is 1. The first kappa shape index (κ1) is 22.4. The summed E-state index contributed by atoms with van der Waals surface area (Å²) >= 11 is 0. The SMILES string of the molecule is COCCOC1C[C@H]2COc3nc4c(cnn4cc3OC)-c3cc(F)cc(c3)NCCN2C1=O. The molecule has 5 rings (SSSR count). The number of methoxy groups -OCH3 is 2. The lowest BCUT2D eigenvalue weighted by atomic mass is 10.1. The van der Waals surface area contributed by atoms with Crippen molar-refractivity contribution in [3.8, 4) is 22.8 Å². The maximum absolute atomic E-state index is 14.5. The van der Waals surface area contributed by atoms with Crippen molar-refractivity contribution in [2.24, 2.45) is 0 Å². The van der Waals surface area contributed by atoms with Gasteiger partial charge in [0.1, 0.15) is 18.5 Å². The molecule has 1 aromatic carbocycles. The van der Waals surface area contributed by atoms with Crippen LogP contribution in [0.3, 0.4) is 0 Å². The average Bonchev–Trinajstić information content (AvgIpc) is 3.37. The number of amides is 1. The smallest absolute Gasteiger partial charge is 0.260 e. The van der Waals surface area contributed by atoms with Crippen molar-refractivity contribution in [2.75, 3.05) is 52.4 Å². The Hall–Kier alpha value is -3.44. The Bertz CT molecular complexity index is 1200. The Labute approximate surface area is 195 Å². The molecule has 4 heterocycles. The van der Waals surface area contributed by atoms with Gasteiger partial charge in [-0.15, -0.1) is 0 Å². The molecule has 0 aliphatic carbocycles. The maximum atomic E-state index is 14.5. The van der Waals surface area contributed by atoms with Gasteiger partial charge in [0.25, 0.3) is 11.8 Å². The van der Waals surface area contributed by atoms with E-state index in [2.05, 4.69) is 15.4 Å². The molecule has 1 amide bonds. The average molecular weight is 471 g/mol. The van der Waals surface area contributed by atoms with Gasteiger partial charge in [-0.3, -0.25) is 4.79 Å². The second kappa shape index (κ2) is 9.43. The molecule has 2 aliphatic rings. The zero-order valence-electron chi connectivity index (χ0n) is 19.0. The largest absolute Gasteiger partial charge is 0.490 e. The van der Waals surface area contributed by atoms with Crippen molar-refractivity contribution in [3.05, 3.63) is 36.4 Å². The van der Waals surface area contributed by atoms with E-state index in [0.717, 1.165) is 0 Å². The van der Waals surface area contributed by atoms with E-state index < -0.39 is 11.9 Å². The Morgan fingerprint density at radius 1 is 1.26 bits per heavy atom. The second-order valence-corrected chi connectivity index (χ2v) is 8.18. The molecule has 1 fully saturated rings. The molecule has 0 spiro atoms. The van der Waals surface area contributed by atoms with E-state index in [1.54, 1.807) is 28.9 Å². The molecule has 34 heavy (non-hydrogen) atoms. The van der Waals surface area contributed by atoms with Crippen LogP contribution < -0.4 is 14.8 Å². The van der Waals surface area contributed by atoms with Crippen LogP contribution in [0.1, 0.15) is 6.42 Å². The quantitative estimate of drug-likeness (QED) is 0.564. The summed E-state index contributed by atoms with van der Waals surface area (Å²) in [6.45, 7) is 1.80. The first-order chi connectivity index (χ1) is 16.6. The van der Waals surface area contributed by atoms with Gasteiger partial charge in [-0.05, 0) is 23.8 Å². The number of hydrogen-bond acceptors (Lipinski definition) is 8. The maximum Gasteiger partial charge on any atom is 0.260 e. The van der Waals surface area contributed by atoms with Crippen LogP contribution in [0.25, 0.3) is 16.8 Å². The summed E-state index contributed by atoms with van der Waals surface area (Å²) in [6, 6.07) is 4.46. The van der Waals surface area contributed by atoms with E-state index in [1.165, 1.54) is 19.2 Å². The summed E-state index contributed by atoms with van der Waals surface area (Å²) < 4.78 is 38.3. The minimum atomic E-state index is -0.570. The number of carbonyl (C=O) groups is 1. The normalized spacial score (nSPS) is 20.1. The van der Waals surface area contributed by atoms with Gasteiger partial charge in [0.05, 0.1) is 38.8 Å². The number of carbonyl (C=O) groups excluding carboxylic acids is 1. The third kappa shape index (κ3) is 4.24. The number of aromatic nitrogens is 3. The van der Waals surface area contributed by atoms with Crippen LogP contribution in [-0.4, -0.2) is 84.7 Å². The topological polar surface area (TPSA) is 99.4 Å². The predicted molar refractivity (Wildman–Crippen MR) is 121 cm³/mol. The highest BCUT2D eigenvalue weighted by molar-refractivity contribution is 5.84. The Balaban J connectivity index is 1.52. The Morgan fingerprint density at radius 2 is 2.15 bits per heavy atom. The number of rotatable bonds is 5. The summed E-state index contributed by atoms with van der Waals surface area (Å²) in [5, 5.41) is 7.57. The number of nitrogens with one attached hydrogen (secondary N) is 1. The zero-order valence-corrected chi connectivity index (χ0v) is 19.0. The van der Waals surface area contributed by atoms with Crippen LogP contribution in [0, 0.1) is 5.82 Å². The van der Waals surface area contributed by atoms with Gasteiger partial charge in [0, 0.05) is 37.9 Å².